The molecule has 0 spiro atoms. The van der Waals surface area contributed by atoms with E-state index in [0.717, 1.165) is 22.4 Å². The average molecular weight is 405 g/mol. The van der Waals surface area contributed by atoms with Gasteiger partial charge in [0.15, 0.2) is 5.65 Å². The van der Waals surface area contributed by atoms with E-state index in [-0.39, 0.29) is 6.61 Å². The van der Waals surface area contributed by atoms with Crippen molar-refractivity contribution in [2.24, 2.45) is 0 Å². The molecular weight excluding hydrogens is 388 g/mol. The monoisotopic (exact) mass is 404 g/mol. The summed E-state index contributed by atoms with van der Waals surface area (Å²) in [5.74, 6) is 0.627. The highest BCUT2D eigenvalue weighted by Crippen LogP contribution is 2.36. The minimum Gasteiger partial charge on any atom is -0.395 e. The largest absolute Gasteiger partial charge is 0.395 e. The summed E-state index contributed by atoms with van der Waals surface area (Å²) in [5, 5.41) is 26.5. The Balaban J connectivity index is 2.00. The molecule has 0 saturated carbocycles. The lowest BCUT2D eigenvalue weighted by atomic mass is 10.00. The van der Waals surface area contributed by atoms with Gasteiger partial charge in [0.05, 0.1) is 23.8 Å². The summed E-state index contributed by atoms with van der Waals surface area (Å²) in [5.41, 5.74) is 5.08. The highest BCUT2D eigenvalue weighted by atomic mass is 35.5. The van der Waals surface area contributed by atoms with Crippen molar-refractivity contribution in [1.29, 1.82) is 5.26 Å². The standard InChI is InChI=1S/C21H17ClN6O/c1-13-9-16(11-17(22)25-13)19-20(15-4-2-3-14(10-15)12-23)27-28-7-5-18(24-6-8-29)26-21(19)28/h2-5,7,9-11,29H,6,8H2,1H3,(H,24,26). The van der Waals surface area contributed by atoms with Crippen molar-refractivity contribution in [2.45, 2.75) is 6.92 Å². The third-order valence-corrected chi connectivity index (χ3v) is 4.57. The van der Waals surface area contributed by atoms with Gasteiger partial charge in [-0.3, -0.25) is 0 Å². The van der Waals surface area contributed by atoms with Crippen LogP contribution in [0.15, 0.2) is 48.7 Å². The number of anilines is 1. The molecule has 29 heavy (non-hydrogen) atoms. The van der Waals surface area contributed by atoms with E-state index < -0.39 is 0 Å². The third-order valence-electron chi connectivity index (χ3n) is 4.38. The molecule has 0 atom stereocenters. The van der Waals surface area contributed by atoms with Crippen molar-refractivity contribution < 1.29 is 5.11 Å². The van der Waals surface area contributed by atoms with Crippen molar-refractivity contribution in [2.75, 3.05) is 18.5 Å². The lowest BCUT2D eigenvalue weighted by molar-refractivity contribution is 0.311. The second-order valence-corrected chi connectivity index (χ2v) is 6.85. The van der Waals surface area contributed by atoms with E-state index >= 15 is 0 Å². The second-order valence-electron chi connectivity index (χ2n) is 6.47. The molecule has 7 nitrogen and oxygen atoms in total. The summed E-state index contributed by atoms with van der Waals surface area (Å²) in [7, 11) is 0. The van der Waals surface area contributed by atoms with E-state index in [2.05, 4.69) is 21.4 Å². The molecule has 0 radical (unpaired) electrons. The van der Waals surface area contributed by atoms with Gasteiger partial charge in [-0.05, 0) is 42.8 Å². The van der Waals surface area contributed by atoms with Gasteiger partial charge in [0, 0.05) is 24.0 Å². The first-order chi connectivity index (χ1) is 14.1. The predicted molar refractivity (Wildman–Crippen MR) is 112 cm³/mol. The summed E-state index contributed by atoms with van der Waals surface area (Å²) in [4.78, 5) is 8.93. The van der Waals surface area contributed by atoms with Crippen LogP contribution in [-0.2, 0) is 0 Å². The Kier molecular flexibility index (Phi) is 5.12. The molecule has 3 heterocycles. The van der Waals surface area contributed by atoms with Crippen molar-refractivity contribution >= 4 is 23.1 Å². The first-order valence-corrected chi connectivity index (χ1v) is 9.36. The molecule has 144 valence electrons. The topological polar surface area (TPSA) is 99.1 Å². The van der Waals surface area contributed by atoms with Gasteiger partial charge >= 0.3 is 0 Å². The molecule has 8 heteroatoms. The molecule has 4 aromatic rings. The number of pyridine rings is 1. The Bertz CT molecular complexity index is 1220. The van der Waals surface area contributed by atoms with Crippen LogP contribution in [0.25, 0.3) is 28.0 Å². The number of aliphatic hydroxyl groups excluding tert-OH is 1. The quantitative estimate of drug-likeness (QED) is 0.492. The Morgan fingerprint density at radius 2 is 2.03 bits per heavy atom. The SMILES string of the molecule is Cc1cc(-c2c(-c3cccc(C#N)c3)nn3ccc(NCCO)nc23)cc(Cl)n1. The Morgan fingerprint density at radius 1 is 1.17 bits per heavy atom. The van der Waals surface area contributed by atoms with Crippen LogP contribution in [0.4, 0.5) is 5.82 Å². The van der Waals surface area contributed by atoms with Crippen molar-refractivity contribution in [3.05, 3.63) is 65.1 Å². The minimum atomic E-state index is 0.00430. The molecule has 2 N–H and O–H groups in total. The van der Waals surface area contributed by atoms with Crippen LogP contribution >= 0.6 is 11.6 Å². The third kappa shape index (κ3) is 3.76. The van der Waals surface area contributed by atoms with Crippen LogP contribution in [0.1, 0.15) is 11.3 Å². The fourth-order valence-corrected chi connectivity index (χ4v) is 3.44. The molecule has 0 aliphatic rings. The molecule has 1 aromatic carbocycles. The van der Waals surface area contributed by atoms with Gasteiger partial charge < -0.3 is 10.4 Å². The number of aromatic nitrogens is 4. The molecule has 0 saturated heterocycles. The number of benzene rings is 1. The average Bonchev–Trinajstić information content (AvgIpc) is 3.10. The Hall–Kier alpha value is -3.47. The van der Waals surface area contributed by atoms with Crippen LogP contribution in [0.5, 0.6) is 0 Å². The van der Waals surface area contributed by atoms with Gasteiger partial charge in [-0.25, -0.2) is 14.5 Å². The molecule has 0 unspecified atom stereocenters. The number of rotatable bonds is 5. The van der Waals surface area contributed by atoms with E-state index in [1.165, 1.54) is 0 Å². The lowest BCUT2D eigenvalue weighted by Crippen LogP contribution is -2.07. The highest BCUT2D eigenvalue weighted by Gasteiger charge is 2.19. The summed E-state index contributed by atoms with van der Waals surface area (Å²) < 4.78 is 1.69. The van der Waals surface area contributed by atoms with Crippen LogP contribution in [0.3, 0.4) is 0 Å². The van der Waals surface area contributed by atoms with Gasteiger partial charge in [0.2, 0.25) is 0 Å². The normalized spacial score (nSPS) is 10.8. The van der Waals surface area contributed by atoms with Crippen LogP contribution in [-0.4, -0.2) is 37.8 Å². The maximum atomic E-state index is 9.28. The highest BCUT2D eigenvalue weighted by molar-refractivity contribution is 6.29. The molecular formula is C21H17ClN6O. The van der Waals surface area contributed by atoms with E-state index in [1.54, 1.807) is 35.0 Å². The van der Waals surface area contributed by atoms with Crippen LogP contribution in [0.2, 0.25) is 5.15 Å². The maximum Gasteiger partial charge on any atom is 0.165 e. The maximum absolute atomic E-state index is 9.28. The van der Waals surface area contributed by atoms with Crippen molar-refractivity contribution in [1.82, 2.24) is 19.6 Å². The fraction of sp³-hybridized carbons (Fsp3) is 0.143. The minimum absolute atomic E-state index is 0.00430. The van der Waals surface area contributed by atoms with Crippen molar-refractivity contribution in [3.63, 3.8) is 0 Å². The fourth-order valence-electron chi connectivity index (χ4n) is 3.19. The molecule has 0 amide bonds. The molecule has 0 bridgehead atoms. The number of halogens is 1. The molecule has 0 aliphatic heterocycles. The van der Waals surface area contributed by atoms with Gasteiger partial charge in [-0.15, -0.1) is 0 Å². The van der Waals surface area contributed by atoms with Gasteiger partial charge in [0.1, 0.15) is 16.7 Å². The first kappa shape index (κ1) is 18.9. The number of hydrogen-bond donors (Lipinski definition) is 2. The summed E-state index contributed by atoms with van der Waals surface area (Å²) in [6, 6.07) is 14.9. The van der Waals surface area contributed by atoms with Crippen LogP contribution < -0.4 is 5.32 Å². The summed E-state index contributed by atoms with van der Waals surface area (Å²) >= 11 is 6.22. The number of fused-ring (bicyclic) bond motifs is 1. The molecule has 0 aliphatic carbocycles. The zero-order chi connectivity index (χ0) is 20.4. The van der Waals surface area contributed by atoms with E-state index in [4.69, 9.17) is 21.8 Å². The van der Waals surface area contributed by atoms with Gasteiger partial charge in [-0.2, -0.15) is 10.4 Å². The Morgan fingerprint density at radius 3 is 2.79 bits per heavy atom. The van der Waals surface area contributed by atoms with Gasteiger partial charge in [0.25, 0.3) is 0 Å². The summed E-state index contributed by atoms with van der Waals surface area (Å²) in [6.45, 7) is 2.27. The first-order valence-electron chi connectivity index (χ1n) is 8.98. The number of nitrogens with one attached hydrogen (secondary N) is 1. The number of nitrogens with zero attached hydrogens (tertiary/aromatic N) is 5. The van der Waals surface area contributed by atoms with E-state index in [9.17, 15) is 5.26 Å². The van der Waals surface area contributed by atoms with E-state index in [1.807, 2.05) is 25.1 Å². The van der Waals surface area contributed by atoms with E-state index in [0.29, 0.717) is 34.4 Å². The zero-order valence-corrected chi connectivity index (χ0v) is 16.4. The summed E-state index contributed by atoms with van der Waals surface area (Å²) in [6.07, 6.45) is 1.80. The Labute approximate surface area is 172 Å². The molecule has 0 fully saturated rings. The smallest absolute Gasteiger partial charge is 0.165 e. The van der Waals surface area contributed by atoms with Gasteiger partial charge in [-0.1, -0.05) is 23.7 Å². The van der Waals surface area contributed by atoms with Crippen molar-refractivity contribution in [3.8, 4) is 28.5 Å². The second kappa shape index (κ2) is 7.87. The number of aryl methyl sites for hydroxylation is 1. The predicted octanol–water partition coefficient (Wildman–Crippen LogP) is 3.70. The van der Waals surface area contributed by atoms with Crippen LogP contribution in [0, 0.1) is 18.3 Å². The molecule has 3 aromatic heterocycles. The number of aliphatic hydroxyl groups is 1. The zero-order valence-electron chi connectivity index (χ0n) is 15.6. The molecule has 4 rings (SSSR count). The lowest BCUT2D eigenvalue weighted by Gasteiger charge is -2.07. The number of nitriles is 1. The number of hydrogen-bond acceptors (Lipinski definition) is 6.